The lowest BCUT2D eigenvalue weighted by Crippen LogP contribution is -2.35. The summed E-state index contributed by atoms with van der Waals surface area (Å²) in [7, 11) is 0. The largest absolute Gasteiger partial charge is 0.298 e. The van der Waals surface area contributed by atoms with Gasteiger partial charge in [0.2, 0.25) is 0 Å². The summed E-state index contributed by atoms with van der Waals surface area (Å²) in [6.07, 6.45) is 3.74. The molecule has 0 saturated carbocycles. The third-order valence-electron chi connectivity index (χ3n) is 4.93. The van der Waals surface area contributed by atoms with Crippen molar-refractivity contribution < 1.29 is 4.39 Å². The van der Waals surface area contributed by atoms with Crippen molar-refractivity contribution in [2.45, 2.75) is 39.2 Å². The average Bonchev–Trinajstić information content (AvgIpc) is 3.06. The molecule has 1 aromatic carbocycles. The van der Waals surface area contributed by atoms with Crippen LogP contribution in [0, 0.1) is 19.7 Å². The highest BCUT2D eigenvalue weighted by Crippen LogP contribution is 2.28. The van der Waals surface area contributed by atoms with Gasteiger partial charge in [-0.1, -0.05) is 17.7 Å². The summed E-state index contributed by atoms with van der Waals surface area (Å²) >= 11 is 0. The Labute approximate surface area is 146 Å². The second-order valence-corrected chi connectivity index (χ2v) is 6.96. The van der Waals surface area contributed by atoms with Crippen molar-refractivity contribution in [1.82, 2.24) is 24.5 Å². The highest BCUT2D eigenvalue weighted by Gasteiger charge is 2.25. The van der Waals surface area contributed by atoms with Crippen molar-refractivity contribution in [2.24, 2.45) is 0 Å². The van der Waals surface area contributed by atoms with Crippen LogP contribution in [0.4, 0.5) is 4.39 Å². The number of rotatable bonds is 3. The Balaban J connectivity index is 1.58. The molecule has 5 nitrogen and oxygen atoms in total. The first-order valence-electron chi connectivity index (χ1n) is 8.75. The third-order valence-corrected chi connectivity index (χ3v) is 4.93. The predicted molar refractivity (Wildman–Crippen MR) is 93.9 cm³/mol. The molecule has 0 amide bonds. The molecule has 0 N–H and O–H groups in total. The number of aryl methyl sites for hydroxylation is 2. The molecule has 0 bridgehead atoms. The highest BCUT2D eigenvalue weighted by molar-refractivity contribution is 5.32. The number of hydrogen-bond donors (Lipinski definition) is 0. The zero-order valence-electron chi connectivity index (χ0n) is 14.6. The molecule has 0 radical (unpaired) electrons. The Hall–Kier alpha value is -2.34. The SMILES string of the molecule is Cc1ccc(F)c(CN2CCCC(c3cc(C)nc4ncnn34)C2)c1. The number of nitrogens with zero attached hydrogens (tertiary/aromatic N) is 5. The van der Waals surface area contributed by atoms with Gasteiger partial charge in [-0.3, -0.25) is 4.90 Å². The van der Waals surface area contributed by atoms with Crippen molar-refractivity contribution in [3.05, 3.63) is 58.9 Å². The van der Waals surface area contributed by atoms with Gasteiger partial charge in [-0.25, -0.2) is 13.9 Å². The number of aromatic nitrogens is 4. The van der Waals surface area contributed by atoms with Crippen molar-refractivity contribution in [3.63, 3.8) is 0 Å². The first-order chi connectivity index (χ1) is 12.1. The molecular formula is C19H22FN5. The van der Waals surface area contributed by atoms with Crippen LogP contribution in [0.3, 0.4) is 0 Å². The Morgan fingerprint density at radius 2 is 2.12 bits per heavy atom. The molecule has 2 aromatic heterocycles. The van der Waals surface area contributed by atoms with Crippen LogP contribution in [0.15, 0.2) is 30.6 Å². The Bertz CT molecular complexity index is 904. The van der Waals surface area contributed by atoms with Gasteiger partial charge in [-0.2, -0.15) is 10.1 Å². The van der Waals surface area contributed by atoms with E-state index in [-0.39, 0.29) is 5.82 Å². The van der Waals surface area contributed by atoms with Crippen molar-refractivity contribution in [1.29, 1.82) is 0 Å². The highest BCUT2D eigenvalue weighted by atomic mass is 19.1. The quantitative estimate of drug-likeness (QED) is 0.735. The van der Waals surface area contributed by atoms with Crippen LogP contribution in [0.1, 0.15) is 41.3 Å². The van der Waals surface area contributed by atoms with Gasteiger partial charge in [0.1, 0.15) is 12.1 Å². The summed E-state index contributed by atoms with van der Waals surface area (Å²) in [5, 5.41) is 4.33. The van der Waals surface area contributed by atoms with Gasteiger partial charge in [0.15, 0.2) is 0 Å². The molecule has 6 heteroatoms. The van der Waals surface area contributed by atoms with Crippen LogP contribution in [0.5, 0.6) is 0 Å². The summed E-state index contributed by atoms with van der Waals surface area (Å²) in [5.74, 6) is 0.885. The minimum atomic E-state index is -0.119. The molecule has 1 atom stereocenters. The topological polar surface area (TPSA) is 46.3 Å². The van der Waals surface area contributed by atoms with E-state index in [1.807, 2.05) is 30.5 Å². The fourth-order valence-electron chi connectivity index (χ4n) is 3.76. The number of halogens is 1. The Morgan fingerprint density at radius 3 is 3.00 bits per heavy atom. The van der Waals surface area contributed by atoms with Crippen molar-refractivity contribution >= 4 is 5.78 Å². The van der Waals surface area contributed by atoms with Gasteiger partial charge in [0.25, 0.3) is 5.78 Å². The number of benzene rings is 1. The Morgan fingerprint density at radius 1 is 1.24 bits per heavy atom. The fourth-order valence-corrected chi connectivity index (χ4v) is 3.76. The maximum Gasteiger partial charge on any atom is 0.252 e. The van der Waals surface area contributed by atoms with Gasteiger partial charge in [0.05, 0.1) is 5.69 Å². The molecular weight excluding hydrogens is 317 g/mol. The normalized spacial score (nSPS) is 18.8. The van der Waals surface area contributed by atoms with Crippen LogP contribution in [-0.4, -0.2) is 37.6 Å². The molecule has 3 heterocycles. The minimum absolute atomic E-state index is 0.119. The van der Waals surface area contributed by atoms with Crippen LogP contribution >= 0.6 is 0 Å². The molecule has 130 valence electrons. The van der Waals surface area contributed by atoms with Gasteiger partial charge in [0, 0.05) is 30.3 Å². The van der Waals surface area contributed by atoms with Gasteiger partial charge in [-0.15, -0.1) is 0 Å². The second kappa shape index (κ2) is 6.52. The molecule has 3 aromatic rings. The van der Waals surface area contributed by atoms with E-state index in [0.717, 1.165) is 48.4 Å². The third kappa shape index (κ3) is 3.26. The van der Waals surface area contributed by atoms with E-state index >= 15 is 0 Å². The molecule has 0 aliphatic carbocycles. The Kier molecular flexibility index (Phi) is 4.21. The predicted octanol–water partition coefficient (Wildman–Crippen LogP) is 3.26. The summed E-state index contributed by atoms with van der Waals surface area (Å²) in [6.45, 7) is 6.53. The number of hydrogen-bond acceptors (Lipinski definition) is 4. The molecule has 1 aliphatic rings. The molecule has 25 heavy (non-hydrogen) atoms. The number of fused-ring (bicyclic) bond motifs is 1. The lowest BCUT2D eigenvalue weighted by Gasteiger charge is -2.33. The summed E-state index contributed by atoms with van der Waals surface area (Å²) < 4.78 is 15.9. The molecule has 1 aliphatic heterocycles. The van der Waals surface area contributed by atoms with Crippen LogP contribution in [0.25, 0.3) is 5.78 Å². The monoisotopic (exact) mass is 339 g/mol. The standard InChI is InChI=1S/C19H22FN5/c1-13-5-6-17(20)16(8-13)11-24-7-3-4-15(10-24)18-9-14(2)23-19-21-12-22-25(18)19/h5-6,8-9,12,15H,3-4,7,10-11H2,1-2H3. The van der Waals surface area contributed by atoms with Crippen LogP contribution in [0.2, 0.25) is 0 Å². The second-order valence-electron chi connectivity index (χ2n) is 6.96. The van der Waals surface area contributed by atoms with Crippen molar-refractivity contribution in [3.8, 4) is 0 Å². The molecule has 1 unspecified atom stereocenters. The van der Waals surface area contributed by atoms with Gasteiger partial charge >= 0.3 is 0 Å². The van der Waals surface area contributed by atoms with E-state index in [0.29, 0.717) is 18.2 Å². The van der Waals surface area contributed by atoms with E-state index in [1.54, 1.807) is 12.4 Å². The van der Waals surface area contributed by atoms with Crippen molar-refractivity contribution in [2.75, 3.05) is 13.1 Å². The fraction of sp³-hybridized carbons (Fsp3) is 0.421. The van der Waals surface area contributed by atoms with E-state index in [9.17, 15) is 4.39 Å². The number of piperidine rings is 1. The summed E-state index contributed by atoms with van der Waals surface area (Å²) in [6, 6.07) is 7.44. The van der Waals surface area contributed by atoms with Gasteiger partial charge in [-0.05, 0) is 45.4 Å². The minimum Gasteiger partial charge on any atom is -0.298 e. The van der Waals surface area contributed by atoms with E-state index in [4.69, 9.17) is 0 Å². The molecule has 0 spiro atoms. The zero-order chi connectivity index (χ0) is 17.4. The van der Waals surface area contributed by atoms with Gasteiger partial charge < -0.3 is 0 Å². The number of likely N-dealkylation sites (tertiary alicyclic amines) is 1. The maximum atomic E-state index is 14.1. The maximum absolute atomic E-state index is 14.1. The lowest BCUT2D eigenvalue weighted by atomic mass is 9.93. The summed E-state index contributed by atoms with van der Waals surface area (Å²) in [4.78, 5) is 11.0. The van der Waals surface area contributed by atoms with E-state index in [2.05, 4.69) is 26.0 Å². The molecule has 4 rings (SSSR count). The average molecular weight is 339 g/mol. The van der Waals surface area contributed by atoms with E-state index in [1.165, 1.54) is 0 Å². The molecule has 1 fully saturated rings. The van der Waals surface area contributed by atoms with Crippen LogP contribution < -0.4 is 0 Å². The smallest absolute Gasteiger partial charge is 0.252 e. The molecule has 1 saturated heterocycles. The zero-order valence-corrected chi connectivity index (χ0v) is 14.6. The first-order valence-corrected chi connectivity index (χ1v) is 8.75. The lowest BCUT2D eigenvalue weighted by molar-refractivity contribution is 0.195. The summed E-state index contributed by atoms with van der Waals surface area (Å²) in [5.41, 5.74) is 3.98. The van der Waals surface area contributed by atoms with Crippen LogP contribution in [-0.2, 0) is 6.54 Å². The first kappa shape index (κ1) is 16.1. The van der Waals surface area contributed by atoms with E-state index < -0.39 is 0 Å².